The summed E-state index contributed by atoms with van der Waals surface area (Å²) in [6.45, 7) is 4.36. The third-order valence-corrected chi connectivity index (χ3v) is 4.93. The minimum atomic E-state index is 0.365. The van der Waals surface area contributed by atoms with E-state index in [2.05, 4.69) is 58.7 Å². The van der Waals surface area contributed by atoms with Crippen LogP contribution in [0.15, 0.2) is 47.4 Å². The summed E-state index contributed by atoms with van der Waals surface area (Å²) in [5.41, 5.74) is 3.43. The lowest BCUT2D eigenvalue weighted by Crippen LogP contribution is -2.31. The van der Waals surface area contributed by atoms with Gasteiger partial charge in [-0.1, -0.05) is 6.92 Å². The van der Waals surface area contributed by atoms with Gasteiger partial charge in [-0.15, -0.1) is 0 Å². The Labute approximate surface area is 147 Å². The number of hydrogen-bond acceptors (Lipinski definition) is 5. The van der Waals surface area contributed by atoms with Crippen LogP contribution < -0.4 is 4.90 Å². The van der Waals surface area contributed by atoms with Crippen molar-refractivity contribution in [2.45, 2.75) is 32.7 Å². The van der Waals surface area contributed by atoms with E-state index in [-0.39, 0.29) is 0 Å². The van der Waals surface area contributed by atoms with Gasteiger partial charge in [0.05, 0.1) is 0 Å². The van der Waals surface area contributed by atoms with E-state index in [0.717, 1.165) is 35.7 Å². The molecule has 0 aromatic carbocycles. The monoisotopic (exact) mass is 338 g/mol. The van der Waals surface area contributed by atoms with Gasteiger partial charge in [-0.05, 0) is 54.3 Å². The van der Waals surface area contributed by atoms with E-state index in [1.807, 2.05) is 12.1 Å². The van der Waals surface area contributed by atoms with E-state index in [4.69, 9.17) is 4.98 Å². The van der Waals surface area contributed by atoms with Crippen LogP contribution in [0.25, 0.3) is 11.4 Å². The summed E-state index contributed by atoms with van der Waals surface area (Å²) in [7, 11) is 2.11. The van der Waals surface area contributed by atoms with E-state index < -0.39 is 0 Å². The molecule has 124 valence electrons. The predicted octanol–water partition coefficient (Wildman–Crippen LogP) is 4.23. The molecule has 0 saturated heterocycles. The first-order valence-electron chi connectivity index (χ1n) is 8.19. The third-order valence-electron chi connectivity index (χ3n) is 4.20. The summed E-state index contributed by atoms with van der Waals surface area (Å²) < 4.78 is 0. The molecular formula is C19H22N4S. The Morgan fingerprint density at radius 2 is 1.96 bits per heavy atom. The van der Waals surface area contributed by atoms with Gasteiger partial charge in [-0.25, -0.2) is 9.97 Å². The first-order chi connectivity index (χ1) is 11.7. The van der Waals surface area contributed by atoms with Gasteiger partial charge in [0.1, 0.15) is 5.82 Å². The highest BCUT2D eigenvalue weighted by Crippen LogP contribution is 2.22. The highest BCUT2D eigenvalue weighted by atomic mass is 32.1. The Kier molecular flexibility index (Phi) is 5.20. The molecule has 0 saturated carbocycles. The molecule has 3 heterocycles. The minimum absolute atomic E-state index is 0.365. The molecule has 0 bridgehead atoms. The van der Waals surface area contributed by atoms with Crippen molar-refractivity contribution in [1.82, 2.24) is 15.0 Å². The standard InChI is InChI=1S/C19H22N4S/c1-4-17-12-18(22-19(21-17)16-5-8-20-9-6-16)23(3)14(2)11-15-7-10-24-13-15/h5-10,12-14H,4,11H2,1-3H3. The SMILES string of the molecule is CCc1cc(N(C)C(C)Cc2ccsc2)nc(-c2ccncc2)n1. The maximum Gasteiger partial charge on any atom is 0.161 e. The lowest BCUT2D eigenvalue weighted by molar-refractivity contribution is 0.674. The van der Waals surface area contributed by atoms with Crippen molar-refractivity contribution < 1.29 is 0 Å². The zero-order valence-corrected chi connectivity index (χ0v) is 15.1. The lowest BCUT2D eigenvalue weighted by atomic mass is 10.1. The van der Waals surface area contributed by atoms with Crippen molar-refractivity contribution in [1.29, 1.82) is 0 Å². The number of rotatable bonds is 6. The zero-order valence-electron chi connectivity index (χ0n) is 14.3. The fourth-order valence-corrected chi connectivity index (χ4v) is 3.27. The molecule has 1 atom stereocenters. The molecule has 0 radical (unpaired) electrons. The molecule has 0 aliphatic carbocycles. The lowest BCUT2D eigenvalue weighted by Gasteiger charge is -2.26. The molecule has 0 spiro atoms. The number of pyridine rings is 1. The van der Waals surface area contributed by atoms with Gasteiger partial charge < -0.3 is 4.90 Å². The number of hydrogen-bond donors (Lipinski definition) is 0. The Balaban J connectivity index is 1.89. The molecule has 0 amide bonds. The van der Waals surface area contributed by atoms with Gasteiger partial charge in [0.25, 0.3) is 0 Å². The van der Waals surface area contributed by atoms with Gasteiger partial charge >= 0.3 is 0 Å². The summed E-state index contributed by atoms with van der Waals surface area (Å²) in [5.74, 6) is 1.73. The van der Waals surface area contributed by atoms with Crippen LogP contribution in [-0.4, -0.2) is 28.0 Å². The number of thiophene rings is 1. The van der Waals surface area contributed by atoms with E-state index >= 15 is 0 Å². The normalized spacial score (nSPS) is 12.1. The summed E-state index contributed by atoms with van der Waals surface area (Å²) in [4.78, 5) is 15.8. The Hall–Kier alpha value is -2.27. The molecule has 5 heteroatoms. The van der Waals surface area contributed by atoms with Crippen molar-refractivity contribution in [3.63, 3.8) is 0 Å². The third kappa shape index (κ3) is 3.79. The van der Waals surface area contributed by atoms with E-state index in [1.54, 1.807) is 23.7 Å². The van der Waals surface area contributed by atoms with Crippen molar-refractivity contribution in [3.8, 4) is 11.4 Å². The first-order valence-corrected chi connectivity index (χ1v) is 9.14. The number of aryl methyl sites for hydroxylation is 1. The highest BCUT2D eigenvalue weighted by Gasteiger charge is 2.15. The number of anilines is 1. The Morgan fingerprint density at radius 1 is 1.17 bits per heavy atom. The number of nitrogens with zero attached hydrogens (tertiary/aromatic N) is 4. The molecule has 1 unspecified atom stereocenters. The maximum atomic E-state index is 4.79. The summed E-state index contributed by atoms with van der Waals surface area (Å²) in [6.07, 6.45) is 5.45. The van der Waals surface area contributed by atoms with Crippen LogP contribution in [0, 0.1) is 0 Å². The van der Waals surface area contributed by atoms with Crippen LogP contribution >= 0.6 is 11.3 Å². The van der Waals surface area contributed by atoms with Crippen LogP contribution in [0.1, 0.15) is 25.1 Å². The molecule has 3 aromatic rings. The quantitative estimate of drug-likeness (QED) is 0.674. The molecular weight excluding hydrogens is 316 g/mol. The molecule has 4 nitrogen and oxygen atoms in total. The second-order valence-electron chi connectivity index (χ2n) is 5.93. The highest BCUT2D eigenvalue weighted by molar-refractivity contribution is 7.07. The van der Waals surface area contributed by atoms with Gasteiger partial charge in [0.15, 0.2) is 5.82 Å². The van der Waals surface area contributed by atoms with E-state index in [0.29, 0.717) is 6.04 Å². The fraction of sp³-hybridized carbons (Fsp3) is 0.316. The second-order valence-corrected chi connectivity index (χ2v) is 6.71. The van der Waals surface area contributed by atoms with Gasteiger partial charge in [0, 0.05) is 42.8 Å². The summed E-state index contributed by atoms with van der Waals surface area (Å²) in [5, 5.41) is 4.34. The molecule has 0 aliphatic rings. The van der Waals surface area contributed by atoms with Crippen LogP contribution in [-0.2, 0) is 12.8 Å². The van der Waals surface area contributed by atoms with E-state index in [1.165, 1.54) is 5.56 Å². The average molecular weight is 338 g/mol. The molecule has 24 heavy (non-hydrogen) atoms. The molecule has 3 rings (SSSR count). The van der Waals surface area contributed by atoms with Crippen LogP contribution in [0.2, 0.25) is 0 Å². The van der Waals surface area contributed by atoms with Crippen LogP contribution in [0.5, 0.6) is 0 Å². The van der Waals surface area contributed by atoms with Crippen molar-refractivity contribution in [3.05, 3.63) is 58.7 Å². The fourth-order valence-electron chi connectivity index (χ4n) is 2.59. The average Bonchev–Trinajstić information content (AvgIpc) is 3.14. The van der Waals surface area contributed by atoms with Gasteiger partial charge in [-0.3, -0.25) is 4.98 Å². The van der Waals surface area contributed by atoms with Gasteiger partial charge in [0.2, 0.25) is 0 Å². The van der Waals surface area contributed by atoms with Crippen molar-refractivity contribution >= 4 is 17.2 Å². The van der Waals surface area contributed by atoms with Crippen LogP contribution in [0.4, 0.5) is 5.82 Å². The summed E-state index contributed by atoms with van der Waals surface area (Å²) in [6, 6.07) is 8.55. The molecule has 0 fully saturated rings. The maximum absolute atomic E-state index is 4.79. The molecule has 3 aromatic heterocycles. The van der Waals surface area contributed by atoms with Crippen molar-refractivity contribution in [2.24, 2.45) is 0 Å². The smallest absolute Gasteiger partial charge is 0.161 e. The summed E-state index contributed by atoms with van der Waals surface area (Å²) >= 11 is 1.74. The van der Waals surface area contributed by atoms with Gasteiger partial charge in [-0.2, -0.15) is 11.3 Å². The number of likely N-dealkylation sites (N-methyl/N-ethyl adjacent to an activating group) is 1. The topological polar surface area (TPSA) is 41.9 Å². The Morgan fingerprint density at radius 3 is 2.62 bits per heavy atom. The molecule has 0 N–H and O–H groups in total. The predicted molar refractivity (Wildman–Crippen MR) is 101 cm³/mol. The number of aromatic nitrogens is 3. The molecule has 0 aliphatic heterocycles. The second kappa shape index (κ2) is 7.53. The van der Waals surface area contributed by atoms with Crippen LogP contribution in [0.3, 0.4) is 0 Å². The first kappa shape index (κ1) is 16.6. The van der Waals surface area contributed by atoms with E-state index in [9.17, 15) is 0 Å². The zero-order chi connectivity index (χ0) is 16.9. The van der Waals surface area contributed by atoms with Crippen molar-refractivity contribution in [2.75, 3.05) is 11.9 Å². The largest absolute Gasteiger partial charge is 0.357 e. The minimum Gasteiger partial charge on any atom is -0.357 e. The Bertz CT molecular complexity index is 771.